The zero-order chi connectivity index (χ0) is 11.3. The molecule has 8 nitrogen and oxygen atoms in total. The Kier molecular flexibility index (Phi) is 4.01. The van der Waals surface area contributed by atoms with E-state index in [1.165, 1.54) is 0 Å². The number of ether oxygens (including phenoxy) is 1. The van der Waals surface area contributed by atoms with Gasteiger partial charge in [0, 0.05) is 0 Å². The summed E-state index contributed by atoms with van der Waals surface area (Å²) in [4.78, 5) is 36.6. The van der Waals surface area contributed by atoms with Crippen molar-refractivity contribution in [2.45, 2.75) is 6.04 Å². The molecule has 0 aromatic heterocycles. The summed E-state index contributed by atoms with van der Waals surface area (Å²) in [5, 5.41) is 10.5. The Morgan fingerprint density at radius 3 is 2.87 bits per heavy atom. The second kappa shape index (κ2) is 5.27. The van der Waals surface area contributed by atoms with Gasteiger partial charge in [0.15, 0.2) is 0 Å². The summed E-state index contributed by atoms with van der Waals surface area (Å²) in [6.45, 7) is -0.916. The van der Waals surface area contributed by atoms with Crippen LogP contribution < -0.4 is 10.8 Å². The van der Waals surface area contributed by atoms with Gasteiger partial charge in [-0.2, -0.15) is 0 Å². The van der Waals surface area contributed by atoms with Crippen molar-refractivity contribution in [2.75, 3.05) is 19.8 Å². The van der Waals surface area contributed by atoms with Crippen LogP contribution in [-0.2, 0) is 24.0 Å². The number of aliphatic carboxylic acids is 1. The lowest BCUT2D eigenvalue weighted by atomic mass is 10.3. The van der Waals surface area contributed by atoms with Crippen LogP contribution >= 0.6 is 0 Å². The molecule has 1 aliphatic heterocycles. The van der Waals surface area contributed by atoms with Gasteiger partial charge in [0.05, 0.1) is 0 Å². The fourth-order valence-corrected chi connectivity index (χ4v) is 0.917. The van der Waals surface area contributed by atoms with E-state index >= 15 is 0 Å². The number of amides is 2. The van der Waals surface area contributed by atoms with E-state index in [2.05, 4.69) is 20.4 Å². The van der Waals surface area contributed by atoms with Gasteiger partial charge in [-0.3, -0.25) is 14.4 Å². The van der Waals surface area contributed by atoms with E-state index in [1.54, 1.807) is 0 Å². The van der Waals surface area contributed by atoms with E-state index in [0.29, 0.717) is 0 Å². The predicted molar refractivity (Wildman–Crippen MR) is 44.5 cm³/mol. The molecular formula is C7H10N2O6. The highest BCUT2D eigenvalue weighted by atomic mass is 16.7. The first kappa shape index (κ1) is 11.4. The van der Waals surface area contributed by atoms with Crippen molar-refractivity contribution in [1.82, 2.24) is 10.8 Å². The molecule has 0 aromatic carbocycles. The van der Waals surface area contributed by atoms with Crippen LogP contribution in [0.2, 0.25) is 0 Å². The molecule has 3 N–H and O–H groups in total. The lowest BCUT2D eigenvalue weighted by molar-refractivity contribution is -0.144. The number of hydrogen-bond donors (Lipinski definition) is 3. The highest BCUT2D eigenvalue weighted by Crippen LogP contribution is 1.93. The normalized spacial score (nSPS) is 19.7. The number of hydroxylamine groups is 1. The second-order valence-electron chi connectivity index (χ2n) is 2.78. The van der Waals surface area contributed by atoms with Crippen LogP contribution in [0.25, 0.3) is 0 Å². The van der Waals surface area contributed by atoms with Gasteiger partial charge >= 0.3 is 5.97 Å². The Morgan fingerprint density at radius 2 is 2.33 bits per heavy atom. The van der Waals surface area contributed by atoms with Gasteiger partial charge < -0.3 is 15.2 Å². The van der Waals surface area contributed by atoms with Crippen LogP contribution in [0.1, 0.15) is 0 Å². The quantitative estimate of drug-likeness (QED) is 0.475. The number of hydrogen-bond acceptors (Lipinski definition) is 5. The minimum atomic E-state index is -1.16. The Labute approximate surface area is 84.5 Å². The standard InChI is InChI=1S/C7H10N2O6/c10-5(2-14-3-6(11)12)8-4-1-15-9-7(4)13/h4H,1-3H2,(H,8,10)(H,9,13)(H,11,12)/t4-/m1/s1. The fraction of sp³-hybridized carbons (Fsp3) is 0.571. The van der Waals surface area contributed by atoms with Crippen LogP contribution in [0.4, 0.5) is 0 Å². The van der Waals surface area contributed by atoms with Crippen LogP contribution in [0, 0.1) is 0 Å². The molecule has 2 amide bonds. The number of carboxylic acid groups (broad SMARTS) is 1. The topological polar surface area (TPSA) is 114 Å². The lowest BCUT2D eigenvalue weighted by Crippen LogP contribution is -2.43. The molecule has 8 heteroatoms. The minimum absolute atomic E-state index is 0.0451. The molecule has 1 atom stereocenters. The maximum Gasteiger partial charge on any atom is 0.329 e. The van der Waals surface area contributed by atoms with Crippen molar-refractivity contribution in [2.24, 2.45) is 0 Å². The summed E-state index contributed by atoms with van der Waals surface area (Å²) in [5.41, 5.74) is 2.06. The molecule has 1 aliphatic rings. The second-order valence-corrected chi connectivity index (χ2v) is 2.78. The minimum Gasteiger partial charge on any atom is -0.480 e. The first-order chi connectivity index (χ1) is 7.09. The summed E-state index contributed by atoms with van der Waals surface area (Å²) in [6, 6.07) is -0.745. The molecule has 84 valence electrons. The number of carbonyl (C=O) groups excluding carboxylic acids is 2. The third-order valence-electron chi connectivity index (χ3n) is 1.53. The van der Waals surface area contributed by atoms with Crippen LogP contribution in [0.5, 0.6) is 0 Å². The van der Waals surface area contributed by atoms with Crippen molar-refractivity contribution < 1.29 is 29.1 Å². The van der Waals surface area contributed by atoms with Crippen LogP contribution in [0.15, 0.2) is 0 Å². The van der Waals surface area contributed by atoms with E-state index < -0.39 is 37.0 Å². The van der Waals surface area contributed by atoms with E-state index in [0.717, 1.165) is 0 Å². The highest BCUT2D eigenvalue weighted by Gasteiger charge is 2.26. The van der Waals surface area contributed by atoms with Gasteiger partial charge in [-0.15, -0.1) is 0 Å². The van der Waals surface area contributed by atoms with E-state index in [1.807, 2.05) is 0 Å². The Hall–Kier alpha value is -1.67. The van der Waals surface area contributed by atoms with Crippen molar-refractivity contribution in [3.63, 3.8) is 0 Å². The molecule has 1 rings (SSSR count). The Morgan fingerprint density at radius 1 is 1.60 bits per heavy atom. The van der Waals surface area contributed by atoms with Gasteiger partial charge in [-0.05, 0) is 0 Å². The molecule has 0 bridgehead atoms. The number of rotatable bonds is 5. The summed E-state index contributed by atoms with van der Waals surface area (Å²) in [6.07, 6.45) is 0. The van der Waals surface area contributed by atoms with E-state index in [4.69, 9.17) is 5.11 Å². The first-order valence-corrected chi connectivity index (χ1v) is 4.10. The first-order valence-electron chi connectivity index (χ1n) is 4.10. The highest BCUT2D eigenvalue weighted by molar-refractivity contribution is 5.88. The lowest BCUT2D eigenvalue weighted by Gasteiger charge is -2.07. The zero-order valence-electron chi connectivity index (χ0n) is 7.69. The molecule has 15 heavy (non-hydrogen) atoms. The summed E-state index contributed by atoms with van der Waals surface area (Å²) >= 11 is 0. The van der Waals surface area contributed by atoms with Crippen molar-refractivity contribution in [1.29, 1.82) is 0 Å². The maximum absolute atomic E-state index is 11.1. The molecule has 1 fully saturated rings. The molecular weight excluding hydrogens is 208 g/mol. The van der Waals surface area contributed by atoms with Crippen molar-refractivity contribution in [3.8, 4) is 0 Å². The van der Waals surface area contributed by atoms with Gasteiger partial charge in [-0.1, -0.05) is 0 Å². The summed E-state index contributed by atoms with van der Waals surface area (Å²) in [7, 11) is 0. The largest absolute Gasteiger partial charge is 0.480 e. The maximum atomic E-state index is 11.1. The molecule has 1 heterocycles. The third kappa shape index (κ3) is 3.92. The van der Waals surface area contributed by atoms with Crippen molar-refractivity contribution >= 4 is 17.8 Å². The fourth-order valence-electron chi connectivity index (χ4n) is 0.917. The van der Waals surface area contributed by atoms with E-state index in [-0.39, 0.29) is 6.61 Å². The molecule has 0 spiro atoms. The van der Waals surface area contributed by atoms with Crippen LogP contribution in [-0.4, -0.2) is 48.8 Å². The molecule has 0 aromatic rings. The van der Waals surface area contributed by atoms with Gasteiger partial charge in [0.25, 0.3) is 5.91 Å². The third-order valence-corrected chi connectivity index (χ3v) is 1.53. The number of carbonyl (C=O) groups is 3. The van der Waals surface area contributed by atoms with Gasteiger partial charge in [0.2, 0.25) is 5.91 Å². The number of nitrogens with one attached hydrogen (secondary N) is 2. The average molecular weight is 218 g/mol. The predicted octanol–water partition coefficient (Wildman–Crippen LogP) is -2.37. The van der Waals surface area contributed by atoms with Crippen LogP contribution in [0.3, 0.4) is 0 Å². The zero-order valence-corrected chi connectivity index (χ0v) is 7.69. The van der Waals surface area contributed by atoms with Crippen molar-refractivity contribution in [3.05, 3.63) is 0 Å². The Bertz CT molecular complexity index is 279. The number of carboxylic acids is 1. The Balaban J connectivity index is 2.18. The molecule has 0 aliphatic carbocycles. The monoisotopic (exact) mass is 218 g/mol. The summed E-state index contributed by atoms with van der Waals surface area (Å²) in [5.74, 6) is -2.17. The summed E-state index contributed by atoms with van der Waals surface area (Å²) < 4.78 is 4.52. The molecule has 0 saturated carbocycles. The molecule has 0 radical (unpaired) electrons. The smallest absolute Gasteiger partial charge is 0.329 e. The molecule has 1 saturated heterocycles. The van der Waals surface area contributed by atoms with Gasteiger partial charge in [-0.25, -0.2) is 10.3 Å². The van der Waals surface area contributed by atoms with Gasteiger partial charge in [0.1, 0.15) is 25.9 Å². The average Bonchev–Trinajstić information content (AvgIpc) is 2.51. The van der Waals surface area contributed by atoms with E-state index in [9.17, 15) is 14.4 Å². The SMILES string of the molecule is O=C(O)COCC(=O)N[C@@H]1CONC1=O. The molecule has 0 unspecified atom stereocenters.